The molecule has 2 aliphatic rings. The molecule has 1 heterocycles. The predicted octanol–water partition coefficient (Wildman–Crippen LogP) is 6.58. The van der Waals surface area contributed by atoms with E-state index in [9.17, 15) is 53.4 Å². The SMILES string of the molecule is COc1cncc(Oc2ccc(S(=O)(=O)C(F)(F)F)c3c2CCC3O)c1.Cc1cc(S(C)(=O)=O)c2c(c1Oc1cc(F)cc(C#N)c1)CC(F)(F)C2O. The summed E-state index contributed by atoms with van der Waals surface area (Å²) in [4.78, 5) is 2.56. The number of aromatic nitrogens is 1. The van der Waals surface area contributed by atoms with Crippen molar-refractivity contribution in [3.8, 4) is 34.8 Å². The number of benzene rings is 3. The van der Waals surface area contributed by atoms with Crippen molar-refractivity contribution in [1.82, 2.24) is 4.98 Å². The summed E-state index contributed by atoms with van der Waals surface area (Å²) >= 11 is 0. The monoisotopic (exact) mass is 786 g/mol. The molecule has 2 aliphatic carbocycles. The topological polar surface area (TPSA) is 173 Å². The minimum atomic E-state index is -5.58. The maximum atomic E-state index is 14.1. The number of methoxy groups -OCH3 is 1. The lowest BCUT2D eigenvalue weighted by molar-refractivity contribution is -0.0976. The molecule has 0 saturated heterocycles. The van der Waals surface area contributed by atoms with Crippen LogP contribution in [0.3, 0.4) is 0 Å². The second-order valence-corrected chi connectivity index (χ2v) is 15.9. The fraction of sp³-hybridized carbons (Fsp3) is 0.294. The van der Waals surface area contributed by atoms with E-state index in [1.54, 1.807) is 6.07 Å². The third kappa shape index (κ3) is 7.76. The normalized spacial score (nSPS) is 17.5. The van der Waals surface area contributed by atoms with Crippen LogP contribution in [-0.4, -0.2) is 56.8 Å². The maximum absolute atomic E-state index is 14.1. The number of fused-ring (bicyclic) bond motifs is 2. The fourth-order valence-corrected chi connectivity index (χ4v) is 8.01. The Labute approximate surface area is 298 Å². The van der Waals surface area contributed by atoms with Gasteiger partial charge in [-0.2, -0.15) is 18.4 Å². The van der Waals surface area contributed by atoms with Gasteiger partial charge in [-0.05, 0) is 55.7 Å². The molecule has 0 bridgehead atoms. The van der Waals surface area contributed by atoms with Gasteiger partial charge in [0.2, 0.25) is 0 Å². The second kappa shape index (κ2) is 14.2. The van der Waals surface area contributed by atoms with Gasteiger partial charge in [0.15, 0.2) is 9.84 Å². The van der Waals surface area contributed by atoms with Crippen molar-refractivity contribution in [3.05, 3.63) is 94.1 Å². The van der Waals surface area contributed by atoms with Gasteiger partial charge in [-0.1, -0.05) is 0 Å². The summed E-state index contributed by atoms with van der Waals surface area (Å²) < 4.78 is 145. The molecule has 0 spiro atoms. The summed E-state index contributed by atoms with van der Waals surface area (Å²) in [6.45, 7) is 1.46. The van der Waals surface area contributed by atoms with Crippen LogP contribution < -0.4 is 14.2 Å². The first-order valence-corrected chi connectivity index (χ1v) is 18.6. The zero-order chi connectivity index (χ0) is 39.3. The molecule has 0 fully saturated rings. The van der Waals surface area contributed by atoms with Gasteiger partial charge in [-0.25, -0.2) is 30.0 Å². The van der Waals surface area contributed by atoms with Crippen molar-refractivity contribution in [1.29, 1.82) is 5.26 Å². The average molecular weight is 787 g/mol. The zero-order valence-electron chi connectivity index (χ0n) is 27.7. The van der Waals surface area contributed by atoms with Crippen LogP contribution >= 0.6 is 0 Å². The number of aliphatic hydroxyl groups is 2. The Morgan fingerprint density at radius 2 is 1.60 bits per heavy atom. The van der Waals surface area contributed by atoms with Gasteiger partial charge in [-0.3, -0.25) is 4.98 Å². The molecule has 11 nitrogen and oxygen atoms in total. The summed E-state index contributed by atoms with van der Waals surface area (Å²) in [5.74, 6) is -3.69. The molecule has 1 aromatic heterocycles. The van der Waals surface area contributed by atoms with Crippen LogP contribution in [0.5, 0.6) is 28.7 Å². The predicted molar refractivity (Wildman–Crippen MR) is 173 cm³/mol. The number of nitrogens with zero attached hydrogens (tertiary/aromatic N) is 2. The van der Waals surface area contributed by atoms with E-state index in [0.717, 1.165) is 36.6 Å². The first kappa shape index (κ1) is 39.3. The van der Waals surface area contributed by atoms with Crippen LogP contribution in [0.25, 0.3) is 0 Å². The van der Waals surface area contributed by atoms with Crippen LogP contribution in [0.1, 0.15) is 52.0 Å². The van der Waals surface area contributed by atoms with Crippen LogP contribution in [0, 0.1) is 24.1 Å². The molecule has 53 heavy (non-hydrogen) atoms. The minimum absolute atomic E-state index is 0.0302. The van der Waals surface area contributed by atoms with E-state index in [1.807, 2.05) is 0 Å². The number of hydrogen-bond donors (Lipinski definition) is 2. The molecule has 2 N–H and O–H groups in total. The molecule has 2 unspecified atom stereocenters. The van der Waals surface area contributed by atoms with Crippen LogP contribution in [-0.2, 0) is 32.5 Å². The quantitative estimate of drug-likeness (QED) is 0.194. The van der Waals surface area contributed by atoms with Crippen LogP contribution in [0.4, 0.5) is 26.3 Å². The van der Waals surface area contributed by atoms with E-state index >= 15 is 0 Å². The zero-order valence-corrected chi connectivity index (χ0v) is 29.3. The summed E-state index contributed by atoms with van der Waals surface area (Å²) in [6, 6.07) is 9.54. The molecule has 0 amide bonds. The smallest absolute Gasteiger partial charge is 0.495 e. The number of alkyl halides is 5. The number of sulfone groups is 2. The molecule has 6 rings (SSSR count). The van der Waals surface area contributed by atoms with E-state index in [1.165, 1.54) is 38.6 Å². The van der Waals surface area contributed by atoms with Crippen molar-refractivity contribution >= 4 is 19.7 Å². The molecule has 19 heteroatoms. The Balaban J connectivity index is 0.000000204. The van der Waals surface area contributed by atoms with Crippen LogP contribution in [0.2, 0.25) is 0 Å². The van der Waals surface area contributed by atoms with Crippen molar-refractivity contribution in [2.75, 3.05) is 13.4 Å². The second-order valence-electron chi connectivity index (χ2n) is 12.0. The Morgan fingerprint density at radius 3 is 2.23 bits per heavy atom. The van der Waals surface area contributed by atoms with Gasteiger partial charge in [0.25, 0.3) is 15.8 Å². The lowest BCUT2D eigenvalue weighted by Crippen LogP contribution is -2.24. The lowest BCUT2D eigenvalue weighted by atomic mass is 10.0. The summed E-state index contributed by atoms with van der Waals surface area (Å²) in [5, 5.41) is 29.0. The molecule has 0 saturated carbocycles. The van der Waals surface area contributed by atoms with Crippen molar-refractivity contribution in [2.24, 2.45) is 0 Å². The molecule has 3 aromatic carbocycles. The number of halogens is 6. The van der Waals surface area contributed by atoms with Gasteiger partial charge < -0.3 is 24.4 Å². The van der Waals surface area contributed by atoms with E-state index < -0.39 is 70.9 Å². The third-order valence-electron chi connectivity index (χ3n) is 8.30. The average Bonchev–Trinajstić information content (AvgIpc) is 3.57. The number of aryl methyl sites for hydroxylation is 1. The first-order chi connectivity index (χ1) is 24.6. The van der Waals surface area contributed by atoms with E-state index in [0.29, 0.717) is 5.75 Å². The van der Waals surface area contributed by atoms with Crippen LogP contribution in [0.15, 0.2) is 64.6 Å². The van der Waals surface area contributed by atoms with E-state index in [-0.39, 0.29) is 63.7 Å². The van der Waals surface area contributed by atoms with Crippen molar-refractivity contribution in [3.63, 3.8) is 0 Å². The number of nitriles is 1. The fourth-order valence-electron chi connectivity index (χ4n) is 5.94. The maximum Gasteiger partial charge on any atom is 0.501 e. The molecular formula is C34H28F6N2O9S2. The Morgan fingerprint density at radius 1 is 0.925 bits per heavy atom. The molecule has 0 aliphatic heterocycles. The number of aliphatic hydroxyl groups excluding tert-OH is 2. The standard InChI is InChI=1S/C18H14F3NO4S.C16H14F3NO5S/c1-9-3-14(27(2,24)25)15-13(7-18(20,21)17(15)23)16(9)26-12-5-10(8-22)4-11(19)6-12;1-24-9-6-10(8-20-7-9)25-13-4-5-14(26(22,23)16(17,18)19)15-11(13)2-3-12(15)21/h3-6,17,23H,7H2,1-2H3;4-8,12,21H,2-3H2,1H3. The van der Waals surface area contributed by atoms with Gasteiger partial charge in [0, 0.05) is 47.1 Å². The van der Waals surface area contributed by atoms with Gasteiger partial charge in [0.1, 0.15) is 40.7 Å². The molecule has 4 aromatic rings. The minimum Gasteiger partial charge on any atom is -0.495 e. The van der Waals surface area contributed by atoms with Crippen molar-refractivity contribution < 1.29 is 67.6 Å². The Bertz CT molecular complexity index is 2360. The molecule has 2 atom stereocenters. The van der Waals surface area contributed by atoms with Crippen molar-refractivity contribution in [2.45, 2.75) is 59.6 Å². The largest absolute Gasteiger partial charge is 0.501 e. The third-order valence-corrected chi connectivity index (χ3v) is 11.0. The number of ether oxygens (including phenoxy) is 3. The molecule has 0 radical (unpaired) electrons. The summed E-state index contributed by atoms with van der Waals surface area (Å²) in [5.41, 5.74) is -5.88. The summed E-state index contributed by atoms with van der Waals surface area (Å²) in [6.07, 6.45) is -0.579. The molecule has 282 valence electrons. The van der Waals surface area contributed by atoms with Gasteiger partial charge in [-0.15, -0.1) is 0 Å². The molecular weight excluding hydrogens is 759 g/mol. The number of hydrogen-bond acceptors (Lipinski definition) is 11. The van der Waals surface area contributed by atoms with E-state index in [4.69, 9.17) is 19.5 Å². The highest BCUT2D eigenvalue weighted by atomic mass is 32.2. The first-order valence-electron chi connectivity index (χ1n) is 15.2. The van der Waals surface area contributed by atoms with E-state index in [2.05, 4.69) is 4.98 Å². The lowest BCUT2D eigenvalue weighted by Gasteiger charge is -2.17. The highest BCUT2D eigenvalue weighted by molar-refractivity contribution is 7.92. The number of pyridine rings is 1. The van der Waals surface area contributed by atoms with Gasteiger partial charge in [0.05, 0.1) is 47.0 Å². The highest BCUT2D eigenvalue weighted by Gasteiger charge is 2.51. The Kier molecular flexibility index (Phi) is 10.5. The number of rotatable bonds is 7. The summed E-state index contributed by atoms with van der Waals surface area (Å²) in [7, 11) is -8.04. The Hall–Kier alpha value is -4.90. The highest BCUT2D eigenvalue weighted by Crippen LogP contribution is 2.51. The van der Waals surface area contributed by atoms with Gasteiger partial charge >= 0.3 is 5.51 Å².